The van der Waals surface area contributed by atoms with Gasteiger partial charge in [-0.15, -0.1) is 12.4 Å². The van der Waals surface area contributed by atoms with Gasteiger partial charge in [0.15, 0.2) is 11.5 Å². The van der Waals surface area contributed by atoms with Crippen molar-refractivity contribution in [3.63, 3.8) is 0 Å². The van der Waals surface area contributed by atoms with E-state index in [0.717, 1.165) is 25.9 Å². The fourth-order valence-corrected chi connectivity index (χ4v) is 2.71. The van der Waals surface area contributed by atoms with Crippen molar-refractivity contribution in [1.82, 2.24) is 10.2 Å². The molecular formula is C17H27ClN2O3. The Hall–Kier alpha value is -1.46. The van der Waals surface area contributed by atoms with Gasteiger partial charge in [-0.1, -0.05) is 0 Å². The maximum absolute atomic E-state index is 12.6. The summed E-state index contributed by atoms with van der Waals surface area (Å²) >= 11 is 0. The molecule has 1 aromatic rings. The number of hydrogen-bond acceptors (Lipinski definition) is 4. The molecule has 1 saturated heterocycles. The van der Waals surface area contributed by atoms with Crippen molar-refractivity contribution in [3.05, 3.63) is 23.8 Å². The summed E-state index contributed by atoms with van der Waals surface area (Å²) in [6.07, 6.45) is 2.05. The average Bonchev–Trinajstić information content (AvgIpc) is 2.54. The molecule has 0 spiro atoms. The summed E-state index contributed by atoms with van der Waals surface area (Å²) < 4.78 is 11.0. The van der Waals surface area contributed by atoms with Crippen LogP contribution in [0.1, 0.15) is 37.0 Å². The second kappa shape index (κ2) is 8.99. The molecule has 130 valence electrons. The van der Waals surface area contributed by atoms with Gasteiger partial charge in [0.2, 0.25) is 0 Å². The molecule has 23 heavy (non-hydrogen) atoms. The van der Waals surface area contributed by atoms with Crippen LogP contribution in [0.3, 0.4) is 0 Å². The van der Waals surface area contributed by atoms with E-state index in [1.807, 2.05) is 37.9 Å². The zero-order valence-electron chi connectivity index (χ0n) is 14.3. The highest BCUT2D eigenvalue weighted by Crippen LogP contribution is 2.29. The van der Waals surface area contributed by atoms with E-state index >= 15 is 0 Å². The van der Waals surface area contributed by atoms with Crippen molar-refractivity contribution in [3.8, 4) is 11.5 Å². The molecule has 1 heterocycles. The van der Waals surface area contributed by atoms with Crippen molar-refractivity contribution < 1.29 is 14.3 Å². The number of hydrogen-bond donors (Lipinski definition) is 1. The van der Waals surface area contributed by atoms with Gasteiger partial charge in [0.05, 0.1) is 13.2 Å². The van der Waals surface area contributed by atoms with Crippen molar-refractivity contribution in [2.45, 2.75) is 38.8 Å². The lowest BCUT2D eigenvalue weighted by Gasteiger charge is -2.32. The lowest BCUT2D eigenvalue weighted by Crippen LogP contribution is -2.43. The van der Waals surface area contributed by atoms with Crippen LogP contribution in [0.25, 0.3) is 0 Å². The average molecular weight is 343 g/mol. The smallest absolute Gasteiger partial charge is 0.253 e. The van der Waals surface area contributed by atoms with Crippen LogP contribution in [0, 0.1) is 0 Å². The molecule has 1 amide bonds. The summed E-state index contributed by atoms with van der Waals surface area (Å²) in [4.78, 5) is 14.5. The lowest BCUT2D eigenvalue weighted by molar-refractivity contribution is 0.0707. The van der Waals surface area contributed by atoms with Crippen LogP contribution in [0.4, 0.5) is 0 Å². The van der Waals surface area contributed by atoms with Crippen LogP contribution in [0.2, 0.25) is 0 Å². The van der Waals surface area contributed by atoms with Gasteiger partial charge >= 0.3 is 0 Å². The highest BCUT2D eigenvalue weighted by Gasteiger charge is 2.23. The number of methoxy groups -OCH3 is 1. The zero-order valence-corrected chi connectivity index (χ0v) is 15.1. The summed E-state index contributed by atoms with van der Waals surface area (Å²) in [7, 11) is 3.57. The molecule has 0 aliphatic carbocycles. The van der Waals surface area contributed by atoms with Gasteiger partial charge in [0, 0.05) is 24.7 Å². The fourth-order valence-electron chi connectivity index (χ4n) is 2.71. The summed E-state index contributed by atoms with van der Waals surface area (Å²) in [5.74, 6) is 1.33. The molecule has 0 bridgehead atoms. The molecule has 0 unspecified atom stereocenters. The third-order valence-corrected chi connectivity index (χ3v) is 3.96. The molecule has 0 atom stereocenters. The van der Waals surface area contributed by atoms with Gasteiger partial charge in [-0.3, -0.25) is 4.79 Å². The van der Waals surface area contributed by atoms with Gasteiger partial charge in [-0.05, 0) is 51.9 Å². The van der Waals surface area contributed by atoms with Crippen molar-refractivity contribution in [1.29, 1.82) is 0 Å². The van der Waals surface area contributed by atoms with Crippen LogP contribution in [-0.4, -0.2) is 50.2 Å². The molecule has 1 fully saturated rings. The van der Waals surface area contributed by atoms with E-state index in [1.54, 1.807) is 13.2 Å². The number of carbonyl (C=O) groups is 1. The first kappa shape index (κ1) is 19.6. The maximum atomic E-state index is 12.6. The highest BCUT2D eigenvalue weighted by atomic mass is 35.5. The van der Waals surface area contributed by atoms with E-state index in [9.17, 15) is 4.79 Å². The molecule has 0 aromatic heterocycles. The van der Waals surface area contributed by atoms with Crippen LogP contribution in [0.15, 0.2) is 18.2 Å². The quantitative estimate of drug-likeness (QED) is 0.894. The van der Waals surface area contributed by atoms with Gasteiger partial charge in [0.1, 0.15) is 0 Å². The Morgan fingerprint density at radius 1 is 1.26 bits per heavy atom. The zero-order chi connectivity index (χ0) is 16.1. The lowest BCUT2D eigenvalue weighted by atomic mass is 10.0. The predicted octanol–water partition coefficient (Wildman–Crippen LogP) is 2.73. The Kier molecular flexibility index (Phi) is 7.65. The number of piperidine rings is 1. The number of halogens is 1. The molecule has 0 radical (unpaired) electrons. The number of carbonyl (C=O) groups excluding carboxylic acids is 1. The summed E-state index contributed by atoms with van der Waals surface area (Å²) in [5, 5.41) is 3.27. The van der Waals surface area contributed by atoms with E-state index in [-0.39, 0.29) is 24.4 Å². The number of nitrogens with zero attached hydrogens (tertiary/aromatic N) is 1. The number of nitrogens with one attached hydrogen (secondary N) is 1. The molecule has 1 aliphatic heterocycles. The van der Waals surface area contributed by atoms with Crippen LogP contribution in [0.5, 0.6) is 11.5 Å². The Balaban J connectivity index is 0.00000264. The number of rotatable bonds is 5. The first-order chi connectivity index (χ1) is 10.5. The first-order valence-electron chi connectivity index (χ1n) is 7.86. The second-order valence-electron chi connectivity index (χ2n) is 5.89. The van der Waals surface area contributed by atoms with E-state index in [2.05, 4.69) is 5.32 Å². The number of benzene rings is 1. The van der Waals surface area contributed by atoms with E-state index in [1.165, 1.54) is 0 Å². The van der Waals surface area contributed by atoms with Crippen molar-refractivity contribution >= 4 is 18.3 Å². The minimum Gasteiger partial charge on any atom is -0.493 e. The topological polar surface area (TPSA) is 50.8 Å². The van der Waals surface area contributed by atoms with E-state index < -0.39 is 0 Å². The normalized spacial score (nSPS) is 15.3. The molecule has 1 N–H and O–H groups in total. The number of amides is 1. The van der Waals surface area contributed by atoms with Crippen molar-refractivity contribution in [2.24, 2.45) is 0 Å². The minimum atomic E-state index is 0. The first-order valence-corrected chi connectivity index (χ1v) is 7.86. The molecule has 1 aromatic carbocycles. The third kappa shape index (κ3) is 5.01. The molecule has 5 nitrogen and oxygen atoms in total. The highest BCUT2D eigenvalue weighted by molar-refractivity contribution is 5.95. The predicted molar refractivity (Wildman–Crippen MR) is 94.0 cm³/mol. The number of ether oxygens (including phenoxy) is 2. The standard InChI is InChI=1S/C17H26N2O3.ClH/c1-12(2)22-15-6-5-13(11-16(15)21-4)17(20)19-9-7-14(18-3)8-10-19;/h5-6,11-12,14,18H,7-10H2,1-4H3;1H. The minimum absolute atomic E-state index is 0. The fraction of sp³-hybridized carbons (Fsp3) is 0.588. The van der Waals surface area contributed by atoms with Gasteiger partial charge in [0.25, 0.3) is 5.91 Å². The Labute approximate surface area is 144 Å². The Morgan fingerprint density at radius 2 is 1.91 bits per heavy atom. The molecule has 6 heteroatoms. The van der Waals surface area contributed by atoms with E-state index in [4.69, 9.17) is 9.47 Å². The van der Waals surface area contributed by atoms with Crippen LogP contribution >= 0.6 is 12.4 Å². The third-order valence-electron chi connectivity index (χ3n) is 3.96. The SMILES string of the molecule is CNC1CCN(C(=O)c2ccc(OC(C)C)c(OC)c2)CC1.Cl. The van der Waals surface area contributed by atoms with Crippen LogP contribution in [-0.2, 0) is 0 Å². The molecule has 2 rings (SSSR count). The molecule has 1 aliphatic rings. The van der Waals surface area contributed by atoms with E-state index in [0.29, 0.717) is 23.1 Å². The summed E-state index contributed by atoms with van der Waals surface area (Å²) in [5.41, 5.74) is 0.649. The Morgan fingerprint density at radius 3 is 2.43 bits per heavy atom. The van der Waals surface area contributed by atoms with Gasteiger partial charge < -0.3 is 19.7 Å². The summed E-state index contributed by atoms with van der Waals surface area (Å²) in [6.45, 7) is 5.50. The maximum Gasteiger partial charge on any atom is 0.253 e. The van der Waals surface area contributed by atoms with Crippen LogP contribution < -0.4 is 14.8 Å². The van der Waals surface area contributed by atoms with Crippen molar-refractivity contribution in [2.75, 3.05) is 27.2 Å². The Bertz CT molecular complexity index is 515. The monoisotopic (exact) mass is 342 g/mol. The van der Waals surface area contributed by atoms with Gasteiger partial charge in [-0.2, -0.15) is 0 Å². The largest absolute Gasteiger partial charge is 0.493 e. The number of likely N-dealkylation sites (tertiary alicyclic amines) is 1. The van der Waals surface area contributed by atoms with Gasteiger partial charge in [-0.25, -0.2) is 0 Å². The molecular weight excluding hydrogens is 316 g/mol. The summed E-state index contributed by atoms with van der Waals surface area (Å²) in [6, 6.07) is 5.91. The second-order valence-corrected chi connectivity index (χ2v) is 5.89. The molecule has 0 saturated carbocycles.